The third-order valence-corrected chi connectivity index (χ3v) is 3.24. The summed E-state index contributed by atoms with van der Waals surface area (Å²) in [4.78, 5) is 24.4. The highest BCUT2D eigenvalue weighted by atomic mass is 16.4. The minimum absolute atomic E-state index is 0.129. The largest absolute Gasteiger partial charge is 0.436 e. The molecule has 0 spiro atoms. The average Bonchev–Trinajstić information content (AvgIpc) is 2.94. The number of rotatable bonds is 2. The molecule has 2 N–H and O–H groups in total. The van der Waals surface area contributed by atoms with Crippen molar-refractivity contribution >= 4 is 17.7 Å². The van der Waals surface area contributed by atoms with Crippen LogP contribution >= 0.6 is 0 Å². The molecular formula is C13H15N5O2. The van der Waals surface area contributed by atoms with Crippen LogP contribution in [-0.4, -0.2) is 47.0 Å². The van der Waals surface area contributed by atoms with E-state index < -0.39 is 0 Å². The Morgan fingerprint density at radius 2 is 1.85 bits per heavy atom. The number of nitrogen functional groups attached to an aromatic ring is 1. The molecule has 1 amide bonds. The number of furan rings is 1. The molecule has 0 aromatic carbocycles. The Balaban J connectivity index is 1.63. The van der Waals surface area contributed by atoms with Gasteiger partial charge in [0, 0.05) is 44.6 Å². The Morgan fingerprint density at radius 3 is 2.45 bits per heavy atom. The van der Waals surface area contributed by atoms with E-state index in [-0.39, 0.29) is 17.6 Å². The highest BCUT2D eigenvalue weighted by Gasteiger charge is 2.24. The van der Waals surface area contributed by atoms with Gasteiger partial charge < -0.3 is 20.0 Å². The fourth-order valence-corrected chi connectivity index (χ4v) is 2.19. The van der Waals surface area contributed by atoms with Gasteiger partial charge in [-0.3, -0.25) is 4.79 Å². The van der Waals surface area contributed by atoms with Crippen LogP contribution in [-0.2, 0) is 0 Å². The zero-order chi connectivity index (χ0) is 13.9. The number of carbonyl (C=O) groups excluding carboxylic acids is 1. The number of nitrogens with two attached hydrogens (primary N) is 1. The smallest absolute Gasteiger partial charge is 0.289 e. The second-order valence-electron chi connectivity index (χ2n) is 4.53. The topological polar surface area (TPSA) is 88.5 Å². The second-order valence-corrected chi connectivity index (χ2v) is 4.53. The summed E-state index contributed by atoms with van der Waals surface area (Å²) in [5.41, 5.74) is 5.48. The van der Waals surface area contributed by atoms with Crippen molar-refractivity contribution in [3.8, 4) is 0 Å². The van der Waals surface area contributed by atoms with Crippen LogP contribution < -0.4 is 10.6 Å². The van der Waals surface area contributed by atoms with Crippen molar-refractivity contribution in [2.75, 3.05) is 36.8 Å². The summed E-state index contributed by atoms with van der Waals surface area (Å²) in [5.74, 6) is 1.11. The number of amides is 1. The fraction of sp³-hybridized carbons (Fsp3) is 0.308. The third kappa shape index (κ3) is 2.42. The molecule has 2 aromatic heterocycles. The maximum Gasteiger partial charge on any atom is 0.289 e. The first-order valence-corrected chi connectivity index (χ1v) is 6.40. The van der Waals surface area contributed by atoms with Crippen molar-refractivity contribution in [1.29, 1.82) is 0 Å². The van der Waals surface area contributed by atoms with Gasteiger partial charge in [-0.25, -0.2) is 9.97 Å². The summed E-state index contributed by atoms with van der Waals surface area (Å²) >= 11 is 0. The van der Waals surface area contributed by atoms with Gasteiger partial charge in [-0.15, -0.1) is 0 Å². The molecule has 20 heavy (non-hydrogen) atoms. The van der Waals surface area contributed by atoms with Gasteiger partial charge in [0.1, 0.15) is 0 Å². The lowest BCUT2D eigenvalue weighted by Crippen LogP contribution is -2.49. The van der Waals surface area contributed by atoms with E-state index in [9.17, 15) is 4.79 Å². The molecule has 2 aromatic rings. The van der Waals surface area contributed by atoms with Crippen molar-refractivity contribution in [1.82, 2.24) is 14.9 Å². The minimum atomic E-state index is -0.129. The fourth-order valence-electron chi connectivity index (χ4n) is 2.19. The number of aromatic nitrogens is 2. The molecule has 0 radical (unpaired) electrons. The van der Waals surface area contributed by atoms with Gasteiger partial charge >= 0.3 is 0 Å². The lowest BCUT2D eigenvalue weighted by molar-refractivity contribution is 0.0715. The van der Waals surface area contributed by atoms with Crippen molar-refractivity contribution in [3.05, 3.63) is 36.4 Å². The Morgan fingerprint density at radius 1 is 1.15 bits per heavy atom. The Hall–Kier alpha value is -2.57. The van der Waals surface area contributed by atoms with E-state index in [1.807, 2.05) is 0 Å². The molecule has 7 nitrogen and oxygen atoms in total. The molecule has 1 aliphatic heterocycles. The summed E-state index contributed by atoms with van der Waals surface area (Å²) in [5, 5.41) is 0. The molecule has 1 aliphatic rings. The van der Waals surface area contributed by atoms with Crippen LogP contribution in [0.1, 0.15) is 10.6 Å². The zero-order valence-corrected chi connectivity index (χ0v) is 10.9. The first-order chi connectivity index (χ1) is 9.74. The standard InChI is InChI=1S/C13H15N5O2/c14-11-3-2-10(20-11)12(19)17-6-8-18(9-7-17)13-15-4-1-5-16-13/h1-5H,6-9,14H2. The van der Waals surface area contributed by atoms with Gasteiger partial charge in [-0.05, 0) is 12.1 Å². The maximum absolute atomic E-state index is 12.2. The van der Waals surface area contributed by atoms with Crippen LogP contribution in [0.4, 0.5) is 11.8 Å². The van der Waals surface area contributed by atoms with Crippen LogP contribution in [0.3, 0.4) is 0 Å². The van der Waals surface area contributed by atoms with Crippen LogP contribution in [0.2, 0.25) is 0 Å². The quantitative estimate of drug-likeness (QED) is 0.862. The SMILES string of the molecule is Nc1ccc(C(=O)N2CCN(c3ncccn3)CC2)o1. The number of carbonyl (C=O) groups is 1. The molecule has 0 unspecified atom stereocenters. The van der Waals surface area contributed by atoms with Crippen molar-refractivity contribution in [3.63, 3.8) is 0 Å². The monoisotopic (exact) mass is 273 g/mol. The van der Waals surface area contributed by atoms with E-state index in [1.165, 1.54) is 0 Å². The van der Waals surface area contributed by atoms with Crippen LogP contribution in [0.25, 0.3) is 0 Å². The zero-order valence-electron chi connectivity index (χ0n) is 10.9. The first kappa shape index (κ1) is 12.5. The van der Waals surface area contributed by atoms with E-state index in [0.717, 1.165) is 0 Å². The predicted octanol–water partition coefficient (Wildman–Crippen LogP) is 0.614. The Bertz CT molecular complexity index is 590. The van der Waals surface area contributed by atoms with Crippen LogP contribution in [0.15, 0.2) is 35.0 Å². The molecule has 104 valence electrons. The van der Waals surface area contributed by atoms with E-state index in [0.29, 0.717) is 32.1 Å². The normalized spacial score (nSPS) is 15.4. The summed E-state index contributed by atoms with van der Waals surface area (Å²) in [6.07, 6.45) is 3.43. The van der Waals surface area contributed by atoms with Crippen molar-refractivity contribution < 1.29 is 9.21 Å². The Kier molecular flexibility index (Phi) is 3.24. The molecule has 0 atom stereocenters. The van der Waals surface area contributed by atoms with E-state index in [1.54, 1.807) is 35.5 Å². The number of hydrogen-bond acceptors (Lipinski definition) is 6. The van der Waals surface area contributed by atoms with Gasteiger partial charge in [-0.2, -0.15) is 0 Å². The highest BCUT2D eigenvalue weighted by molar-refractivity contribution is 5.92. The van der Waals surface area contributed by atoms with E-state index >= 15 is 0 Å². The van der Waals surface area contributed by atoms with Crippen molar-refractivity contribution in [2.45, 2.75) is 0 Å². The third-order valence-electron chi connectivity index (χ3n) is 3.24. The maximum atomic E-state index is 12.2. The van der Waals surface area contributed by atoms with Crippen LogP contribution in [0.5, 0.6) is 0 Å². The molecule has 1 saturated heterocycles. The number of hydrogen-bond donors (Lipinski definition) is 1. The van der Waals surface area contributed by atoms with Gasteiger partial charge in [0.15, 0.2) is 11.6 Å². The first-order valence-electron chi connectivity index (χ1n) is 6.40. The molecular weight excluding hydrogens is 258 g/mol. The van der Waals surface area contributed by atoms with E-state index in [2.05, 4.69) is 14.9 Å². The molecule has 3 heterocycles. The summed E-state index contributed by atoms with van der Waals surface area (Å²) < 4.78 is 5.16. The second kappa shape index (κ2) is 5.20. The minimum Gasteiger partial charge on any atom is -0.436 e. The average molecular weight is 273 g/mol. The number of nitrogens with zero attached hydrogens (tertiary/aromatic N) is 4. The van der Waals surface area contributed by atoms with Gasteiger partial charge in [0.25, 0.3) is 5.91 Å². The van der Waals surface area contributed by atoms with E-state index in [4.69, 9.17) is 10.2 Å². The van der Waals surface area contributed by atoms with Crippen LogP contribution in [0, 0.1) is 0 Å². The number of anilines is 2. The summed E-state index contributed by atoms with van der Waals surface area (Å²) in [6, 6.07) is 4.97. The summed E-state index contributed by atoms with van der Waals surface area (Å²) in [7, 11) is 0. The summed E-state index contributed by atoms with van der Waals surface area (Å²) in [6.45, 7) is 2.62. The molecule has 7 heteroatoms. The molecule has 0 aliphatic carbocycles. The molecule has 3 rings (SSSR count). The van der Waals surface area contributed by atoms with Gasteiger partial charge in [0.05, 0.1) is 0 Å². The lowest BCUT2D eigenvalue weighted by Gasteiger charge is -2.34. The molecule has 1 fully saturated rings. The van der Waals surface area contributed by atoms with Gasteiger partial charge in [-0.1, -0.05) is 0 Å². The van der Waals surface area contributed by atoms with Crippen molar-refractivity contribution in [2.24, 2.45) is 0 Å². The lowest BCUT2D eigenvalue weighted by atomic mass is 10.3. The highest BCUT2D eigenvalue weighted by Crippen LogP contribution is 2.15. The predicted molar refractivity (Wildman–Crippen MR) is 73.3 cm³/mol. The molecule has 0 saturated carbocycles. The number of piperazine rings is 1. The molecule has 0 bridgehead atoms. The van der Waals surface area contributed by atoms with Gasteiger partial charge in [0.2, 0.25) is 5.95 Å². The Labute approximate surface area is 116 Å².